The summed E-state index contributed by atoms with van der Waals surface area (Å²) in [7, 11) is 0. The Balaban J connectivity index is 0.00000133. The van der Waals surface area contributed by atoms with Crippen LogP contribution in [0.1, 0.15) is 38.2 Å². The van der Waals surface area contributed by atoms with E-state index in [-0.39, 0.29) is 23.7 Å². The van der Waals surface area contributed by atoms with Gasteiger partial charge in [0.15, 0.2) is 0 Å². The molecular formula is C15H21ClN2O. The van der Waals surface area contributed by atoms with E-state index in [2.05, 4.69) is 29.7 Å². The highest BCUT2D eigenvalue weighted by Crippen LogP contribution is 2.38. The molecule has 0 saturated heterocycles. The molecule has 104 valence electrons. The first-order valence-corrected chi connectivity index (χ1v) is 6.86. The highest BCUT2D eigenvalue weighted by molar-refractivity contribution is 5.95. The third-order valence-electron chi connectivity index (χ3n) is 4.33. The molecule has 1 aromatic carbocycles. The minimum atomic E-state index is -0.155. The molecule has 2 N–H and O–H groups in total. The van der Waals surface area contributed by atoms with E-state index in [0.717, 1.165) is 31.5 Å². The van der Waals surface area contributed by atoms with Crippen LogP contribution in [0.4, 0.5) is 11.4 Å². The number of nitrogens with one attached hydrogen (secondary N) is 2. The second-order valence-corrected chi connectivity index (χ2v) is 5.77. The Morgan fingerprint density at radius 1 is 1.32 bits per heavy atom. The van der Waals surface area contributed by atoms with E-state index in [1.165, 1.54) is 24.1 Å². The van der Waals surface area contributed by atoms with E-state index in [4.69, 9.17) is 0 Å². The van der Waals surface area contributed by atoms with Gasteiger partial charge in [-0.2, -0.15) is 0 Å². The fraction of sp³-hybridized carbons (Fsp3) is 0.533. The number of carbonyl (C=O) groups is 1. The summed E-state index contributed by atoms with van der Waals surface area (Å²) >= 11 is 0. The summed E-state index contributed by atoms with van der Waals surface area (Å²) in [4.78, 5) is 12.3. The number of amides is 1. The fourth-order valence-corrected chi connectivity index (χ4v) is 3.05. The van der Waals surface area contributed by atoms with Gasteiger partial charge in [-0.25, -0.2) is 0 Å². The number of hydrogen-bond acceptors (Lipinski definition) is 2. The summed E-state index contributed by atoms with van der Waals surface area (Å²) in [5, 5.41) is 6.42. The van der Waals surface area contributed by atoms with E-state index in [1.54, 1.807) is 0 Å². The molecule has 1 amide bonds. The van der Waals surface area contributed by atoms with Crippen molar-refractivity contribution in [2.75, 3.05) is 17.2 Å². The van der Waals surface area contributed by atoms with Crippen LogP contribution in [0.3, 0.4) is 0 Å². The van der Waals surface area contributed by atoms with Crippen LogP contribution in [0.25, 0.3) is 0 Å². The van der Waals surface area contributed by atoms with Crippen molar-refractivity contribution in [1.82, 2.24) is 0 Å². The Morgan fingerprint density at radius 2 is 2.05 bits per heavy atom. The smallest absolute Gasteiger partial charge is 0.230 e. The minimum absolute atomic E-state index is 0. The Kier molecular flexibility index (Phi) is 4.04. The highest BCUT2D eigenvalue weighted by atomic mass is 35.5. The standard InChI is InChI=1S/C15H20N2O.ClH/c1-15(7-2-3-8-15)14(18)17-12-4-5-13-11(10-12)6-9-16-13;/h4-5,10,16H,2-3,6-9H2,1H3,(H,17,18);1H. The molecule has 1 aromatic rings. The molecule has 0 radical (unpaired) electrons. The first-order chi connectivity index (χ1) is 8.67. The Bertz CT molecular complexity index is 481. The molecule has 2 aliphatic rings. The largest absolute Gasteiger partial charge is 0.384 e. The quantitative estimate of drug-likeness (QED) is 0.869. The van der Waals surface area contributed by atoms with Crippen LogP contribution in [0.15, 0.2) is 18.2 Å². The maximum absolute atomic E-state index is 12.3. The Labute approximate surface area is 120 Å². The van der Waals surface area contributed by atoms with Gasteiger partial charge in [0, 0.05) is 23.3 Å². The maximum Gasteiger partial charge on any atom is 0.230 e. The number of anilines is 2. The van der Waals surface area contributed by atoms with Gasteiger partial charge < -0.3 is 10.6 Å². The molecule has 0 aromatic heterocycles. The summed E-state index contributed by atoms with van der Waals surface area (Å²) in [6.45, 7) is 3.09. The lowest BCUT2D eigenvalue weighted by atomic mass is 9.88. The Morgan fingerprint density at radius 3 is 2.79 bits per heavy atom. The predicted octanol–water partition coefficient (Wildman–Crippen LogP) is 3.60. The molecule has 0 spiro atoms. The molecule has 1 aliphatic heterocycles. The van der Waals surface area contributed by atoms with Crippen molar-refractivity contribution in [3.63, 3.8) is 0 Å². The zero-order valence-corrected chi connectivity index (χ0v) is 12.1. The number of fused-ring (bicyclic) bond motifs is 1. The van der Waals surface area contributed by atoms with Crippen molar-refractivity contribution >= 4 is 29.7 Å². The van der Waals surface area contributed by atoms with Gasteiger partial charge in [-0.15, -0.1) is 12.4 Å². The van der Waals surface area contributed by atoms with Crippen molar-refractivity contribution in [3.8, 4) is 0 Å². The molecule has 3 rings (SSSR count). The van der Waals surface area contributed by atoms with E-state index in [9.17, 15) is 4.79 Å². The van der Waals surface area contributed by atoms with Gasteiger partial charge in [0.1, 0.15) is 0 Å². The molecular weight excluding hydrogens is 260 g/mol. The molecule has 3 nitrogen and oxygen atoms in total. The molecule has 1 aliphatic carbocycles. The lowest BCUT2D eigenvalue weighted by Gasteiger charge is -2.22. The number of carbonyl (C=O) groups excluding carboxylic acids is 1. The van der Waals surface area contributed by atoms with Crippen LogP contribution in [-0.2, 0) is 11.2 Å². The zero-order valence-electron chi connectivity index (χ0n) is 11.3. The van der Waals surface area contributed by atoms with Gasteiger partial charge in [0.2, 0.25) is 5.91 Å². The second-order valence-electron chi connectivity index (χ2n) is 5.77. The molecule has 0 unspecified atom stereocenters. The van der Waals surface area contributed by atoms with Gasteiger partial charge in [-0.3, -0.25) is 4.79 Å². The van der Waals surface area contributed by atoms with Crippen molar-refractivity contribution in [2.45, 2.75) is 39.0 Å². The van der Waals surface area contributed by atoms with Crippen LogP contribution >= 0.6 is 12.4 Å². The van der Waals surface area contributed by atoms with Gasteiger partial charge in [-0.05, 0) is 43.0 Å². The lowest BCUT2D eigenvalue weighted by molar-refractivity contribution is -0.124. The van der Waals surface area contributed by atoms with Crippen molar-refractivity contribution in [2.24, 2.45) is 5.41 Å². The maximum atomic E-state index is 12.3. The molecule has 0 atom stereocenters. The Hall–Kier alpha value is -1.22. The van der Waals surface area contributed by atoms with E-state index >= 15 is 0 Å². The highest BCUT2D eigenvalue weighted by Gasteiger charge is 2.36. The lowest BCUT2D eigenvalue weighted by Crippen LogP contribution is -2.30. The molecule has 1 fully saturated rings. The van der Waals surface area contributed by atoms with Gasteiger partial charge >= 0.3 is 0 Å². The summed E-state index contributed by atoms with van der Waals surface area (Å²) in [5.41, 5.74) is 3.30. The SMILES string of the molecule is CC1(C(=O)Nc2ccc3c(c2)CCN3)CCCC1.Cl. The predicted molar refractivity (Wildman–Crippen MR) is 81.1 cm³/mol. The van der Waals surface area contributed by atoms with Gasteiger partial charge in [-0.1, -0.05) is 19.8 Å². The van der Waals surface area contributed by atoms with Crippen molar-refractivity contribution in [3.05, 3.63) is 23.8 Å². The van der Waals surface area contributed by atoms with Crippen LogP contribution in [-0.4, -0.2) is 12.5 Å². The fourth-order valence-electron chi connectivity index (χ4n) is 3.05. The van der Waals surface area contributed by atoms with E-state index in [1.807, 2.05) is 6.07 Å². The van der Waals surface area contributed by atoms with Crippen LogP contribution < -0.4 is 10.6 Å². The third-order valence-corrected chi connectivity index (χ3v) is 4.33. The monoisotopic (exact) mass is 280 g/mol. The van der Waals surface area contributed by atoms with Gasteiger partial charge in [0.05, 0.1) is 0 Å². The first-order valence-electron chi connectivity index (χ1n) is 6.86. The van der Waals surface area contributed by atoms with Crippen LogP contribution in [0, 0.1) is 5.41 Å². The number of hydrogen-bond donors (Lipinski definition) is 2. The van der Waals surface area contributed by atoms with E-state index < -0.39 is 0 Å². The molecule has 19 heavy (non-hydrogen) atoms. The summed E-state index contributed by atoms with van der Waals surface area (Å²) in [5.74, 6) is 0.186. The normalized spacial score (nSPS) is 19.2. The van der Waals surface area contributed by atoms with Crippen LogP contribution in [0.2, 0.25) is 0 Å². The summed E-state index contributed by atoms with van der Waals surface area (Å²) in [6, 6.07) is 6.16. The summed E-state index contributed by atoms with van der Waals surface area (Å²) in [6.07, 6.45) is 5.45. The molecule has 4 heteroatoms. The second kappa shape index (κ2) is 5.41. The molecule has 1 saturated carbocycles. The zero-order chi connectivity index (χ0) is 12.6. The minimum Gasteiger partial charge on any atom is -0.384 e. The van der Waals surface area contributed by atoms with Crippen molar-refractivity contribution in [1.29, 1.82) is 0 Å². The number of halogens is 1. The van der Waals surface area contributed by atoms with Crippen LogP contribution in [0.5, 0.6) is 0 Å². The summed E-state index contributed by atoms with van der Waals surface area (Å²) < 4.78 is 0. The topological polar surface area (TPSA) is 41.1 Å². The van der Waals surface area contributed by atoms with Crippen molar-refractivity contribution < 1.29 is 4.79 Å². The average molecular weight is 281 g/mol. The molecule has 1 heterocycles. The first kappa shape index (κ1) is 14.2. The van der Waals surface area contributed by atoms with E-state index in [0.29, 0.717) is 0 Å². The number of benzene rings is 1. The molecule has 0 bridgehead atoms. The average Bonchev–Trinajstić information content (AvgIpc) is 2.98. The third kappa shape index (κ3) is 2.71. The number of rotatable bonds is 2. The van der Waals surface area contributed by atoms with Gasteiger partial charge in [0.25, 0.3) is 0 Å².